The third-order valence-electron chi connectivity index (χ3n) is 18.3. The molecule has 0 aliphatic heterocycles. The summed E-state index contributed by atoms with van der Waals surface area (Å²) >= 11 is 0. The van der Waals surface area contributed by atoms with Crippen LogP contribution in [0, 0.1) is 17.8 Å². The van der Waals surface area contributed by atoms with Gasteiger partial charge in [0.2, 0.25) is 41.4 Å². The van der Waals surface area contributed by atoms with Gasteiger partial charge >= 0.3 is 29.8 Å². The zero-order valence-electron chi connectivity index (χ0n) is 63.2. The number of carbonyl (C=O) groups is 15. The normalized spacial score (nSPS) is 12.3. The van der Waals surface area contributed by atoms with Crippen LogP contribution in [0.4, 0.5) is 0 Å². The molecule has 33 nitrogen and oxygen atoms in total. The van der Waals surface area contributed by atoms with Gasteiger partial charge in [0.05, 0.1) is 49.2 Å². The number of amides is 7. The Labute approximate surface area is 668 Å². The molecule has 6 atom stereocenters. The van der Waals surface area contributed by atoms with Gasteiger partial charge in [-0.25, -0.2) is 0 Å². The standard InChI is InChI=1S/C29H32N4O7.C28H29N3O8.C27H27N3O8/c30-26(35)13-12-23(25(34)16-21(29(31)39)10-15-28(37)38)32-27(36)14-11-22-17-24(33-40-22)20-8-6-19(7-9-20)18-4-2-1-3-5-18;29-28(38)20(15-27(36)37)14-24(32)22(11-13-26(34)35)30-25(33)12-10-21-16-23(31-39-21)19-8-6-18(7-9-19)17-4-2-1-3-5-17;28-27(37)19(13-25(33)34)12-23(31)22(15-26(35)36)29-24(32)11-10-20-14-21(30-38-20)18-8-6-17(7-9-18)16-4-2-1-3-5-16/h1-9,17,21,23H,10-16H2,(H2,30,35)(H2,31,39)(H,32,36)(H,37,38);1-9,16,20,22H,10-15H2,(H2,29,38)(H,30,33)(H,34,35)(H,36,37);1-9,14,19,22H,10-13,15H2,(H2,28,37)(H,29,32)(H,33,34)(H,35,36)/t21-,23+;20-,22-;19-,22-/m100/s1. The molecule has 612 valence electrons. The van der Waals surface area contributed by atoms with E-state index in [2.05, 4.69) is 31.4 Å². The number of aryl methyl sites for hydroxylation is 3. The largest absolute Gasteiger partial charge is 0.481 e. The molecule has 3 aromatic heterocycles. The van der Waals surface area contributed by atoms with Gasteiger partial charge in [-0.1, -0.05) is 179 Å². The van der Waals surface area contributed by atoms with E-state index in [-0.39, 0.29) is 77.0 Å². The number of aromatic nitrogens is 3. The third-order valence-corrected chi connectivity index (χ3v) is 18.3. The van der Waals surface area contributed by atoms with E-state index >= 15 is 0 Å². The van der Waals surface area contributed by atoms with E-state index in [0.717, 1.165) is 50.1 Å². The molecular weight excluding hydrogens is 1520 g/mol. The molecule has 0 aliphatic rings. The van der Waals surface area contributed by atoms with Gasteiger partial charge in [0.1, 0.15) is 34.4 Å². The summed E-state index contributed by atoms with van der Waals surface area (Å²) in [5.41, 5.74) is 31.6. The summed E-state index contributed by atoms with van der Waals surface area (Å²) in [6.45, 7) is 0. The fraction of sp³-hybridized carbons (Fsp3) is 0.286. The molecule has 9 aromatic rings. The summed E-state index contributed by atoms with van der Waals surface area (Å²) in [6, 6.07) is 54.5. The first-order valence-electron chi connectivity index (χ1n) is 36.9. The zero-order chi connectivity index (χ0) is 85.1. The van der Waals surface area contributed by atoms with Gasteiger partial charge in [-0.2, -0.15) is 0 Å². The number of aliphatic carboxylic acids is 5. The van der Waals surface area contributed by atoms with E-state index in [1.807, 2.05) is 164 Å². The minimum atomic E-state index is -1.44. The van der Waals surface area contributed by atoms with Gasteiger partial charge in [0.15, 0.2) is 17.3 Å². The average molecular weight is 1610 g/mol. The molecule has 0 bridgehead atoms. The fourth-order valence-electron chi connectivity index (χ4n) is 12.0. The summed E-state index contributed by atoms with van der Waals surface area (Å²) in [5.74, 6) is -15.7. The minimum Gasteiger partial charge on any atom is -0.481 e. The predicted octanol–water partition coefficient (Wildman–Crippen LogP) is 7.88. The molecule has 117 heavy (non-hydrogen) atoms. The number of carboxylic acids is 5. The van der Waals surface area contributed by atoms with Crippen molar-refractivity contribution in [3.8, 4) is 67.2 Å². The van der Waals surface area contributed by atoms with Crippen molar-refractivity contribution in [1.82, 2.24) is 31.4 Å². The van der Waals surface area contributed by atoms with Gasteiger partial charge in [-0.05, 0) is 52.6 Å². The Kier molecular flexibility index (Phi) is 34.8. The Hall–Kier alpha value is -14.4. The van der Waals surface area contributed by atoms with Gasteiger partial charge in [-0.15, -0.1) is 0 Å². The summed E-state index contributed by atoms with van der Waals surface area (Å²) in [4.78, 5) is 177. The summed E-state index contributed by atoms with van der Waals surface area (Å²) in [6.07, 6.45) is -4.57. The maximum Gasteiger partial charge on any atom is 0.305 e. The van der Waals surface area contributed by atoms with Crippen LogP contribution < -0.4 is 38.9 Å². The third kappa shape index (κ3) is 30.9. The molecule has 3 heterocycles. The van der Waals surface area contributed by atoms with Crippen molar-refractivity contribution in [2.24, 2.45) is 40.7 Å². The average Bonchev–Trinajstić information content (AvgIpc) is 1.78. The number of rotatable bonds is 45. The lowest BCUT2D eigenvalue weighted by Crippen LogP contribution is -2.44. The molecule has 0 spiro atoms. The van der Waals surface area contributed by atoms with Gasteiger partial charge < -0.3 is 78.0 Å². The molecular formula is C84H88N10O23. The quantitative estimate of drug-likeness (QED) is 0.0173. The number of nitrogens with zero attached hydrogens (tertiary/aromatic N) is 3. The fourth-order valence-corrected chi connectivity index (χ4v) is 12.0. The molecule has 16 N–H and O–H groups in total. The van der Waals surface area contributed by atoms with E-state index in [9.17, 15) is 71.9 Å². The predicted molar refractivity (Wildman–Crippen MR) is 419 cm³/mol. The van der Waals surface area contributed by atoms with Gasteiger partial charge in [0, 0.05) is 118 Å². The lowest BCUT2D eigenvalue weighted by molar-refractivity contribution is -0.143. The highest BCUT2D eigenvalue weighted by molar-refractivity contribution is 5.97. The smallest absolute Gasteiger partial charge is 0.305 e. The molecule has 6 aromatic carbocycles. The Bertz CT molecular complexity index is 4930. The molecule has 0 radical (unpaired) electrons. The van der Waals surface area contributed by atoms with Crippen LogP contribution in [0.5, 0.6) is 0 Å². The first-order chi connectivity index (χ1) is 55.9. The van der Waals surface area contributed by atoms with Crippen LogP contribution in [-0.4, -0.2) is 148 Å². The van der Waals surface area contributed by atoms with Crippen molar-refractivity contribution in [3.63, 3.8) is 0 Å². The van der Waals surface area contributed by atoms with E-state index in [0.29, 0.717) is 34.4 Å². The van der Waals surface area contributed by atoms with Gasteiger partial charge in [0.25, 0.3) is 0 Å². The second-order valence-electron chi connectivity index (χ2n) is 27.2. The molecule has 0 saturated heterocycles. The van der Waals surface area contributed by atoms with E-state index in [1.165, 1.54) is 0 Å². The van der Waals surface area contributed by atoms with E-state index in [4.69, 9.17) is 62.0 Å². The monoisotopic (exact) mass is 1600 g/mol. The topological polar surface area (TPSA) is 575 Å². The van der Waals surface area contributed by atoms with Gasteiger partial charge in [-0.3, -0.25) is 71.9 Å². The number of primary amides is 4. The van der Waals surface area contributed by atoms with Crippen molar-refractivity contribution >= 4 is 88.5 Å². The van der Waals surface area contributed by atoms with Crippen molar-refractivity contribution < 1.29 is 111 Å². The maximum atomic E-state index is 12.8. The lowest BCUT2D eigenvalue weighted by Gasteiger charge is -2.19. The number of nitrogens with two attached hydrogens (primary N) is 4. The number of carbonyl (C=O) groups excluding carboxylic acids is 10. The number of ketones is 3. The van der Waals surface area contributed by atoms with E-state index < -0.39 is 163 Å². The minimum absolute atomic E-state index is 0.0276. The highest BCUT2D eigenvalue weighted by Crippen LogP contribution is 2.29. The second-order valence-corrected chi connectivity index (χ2v) is 27.2. The molecule has 0 fully saturated rings. The molecule has 33 heteroatoms. The lowest BCUT2D eigenvalue weighted by atomic mass is 9.92. The van der Waals surface area contributed by atoms with Crippen molar-refractivity contribution in [2.45, 2.75) is 134 Å². The van der Waals surface area contributed by atoms with Crippen LogP contribution in [0.2, 0.25) is 0 Å². The van der Waals surface area contributed by atoms with Crippen LogP contribution in [0.15, 0.2) is 196 Å². The number of Topliss-reactive ketones (excluding diaryl/α,β-unsaturated/α-hetero) is 3. The van der Waals surface area contributed by atoms with E-state index in [1.54, 1.807) is 18.2 Å². The molecule has 7 amide bonds. The van der Waals surface area contributed by atoms with Crippen molar-refractivity contribution in [2.75, 3.05) is 0 Å². The summed E-state index contributed by atoms with van der Waals surface area (Å²) in [7, 11) is 0. The molecule has 0 saturated carbocycles. The zero-order valence-corrected chi connectivity index (χ0v) is 63.2. The van der Waals surface area contributed by atoms with Crippen LogP contribution in [0.25, 0.3) is 67.2 Å². The van der Waals surface area contributed by atoms with Crippen molar-refractivity contribution in [3.05, 3.63) is 199 Å². The number of hydrogen-bond acceptors (Lipinski definition) is 21. The SMILES string of the molecule is NC(=O)CC[C@H](NC(=O)CCc1cc(-c2ccc(-c3ccccc3)cc2)no1)C(=O)C[C@@H](CCC(=O)O)C(N)=O.NC(=O)[C@H](CC(=O)O)CC(=O)[C@H](CC(=O)O)NC(=O)CCc1cc(-c2ccc(-c3ccccc3)cc2)no1.NC(=O)[C@H](CC(=O)O)CC(=O)[C@H](CCC(=O)O)NC(=O)CCc1cc(-c2ccc(-c3ccccc3)cc2)no1. The number of benzene rings is 6. The molecule has 9 rings (SSSR count). The van der Waals surface area contributed by atoms with Crippen LogP contribution in [0.3, 0.4) is 0 Å². The number of nitrogens with one attached hydrogen (secondary N) is 3. The first kappa shape index (κ1) is 89.8. The Morgan fingerprint density at radius 1 is 0.291 bits per heavy atom. The summed E-state index contributed by atoms with van der Waals surface area (Å²) < 4.78 is 16.1. The molecule has 0 unspecified atom stereocenters. The number of carboxylic acid groups (broad SMARTS) is 5. The Morgan fingerprint density at radius 3 is 0.846 bits per heavy atom. The first-order valence-corrected chi connectivity index (χ1v) is 36.9. The Balaban J connectivity index is 0.000000243. The Morgan fingerprint density at radius 2 is 0.556 bits per heavy atom. The van der Waals surface area contributed by atoms with Crippen molar-refractivity contribution in [1.29, 1.82) is 0 Å². The maximum absolute atomic E-state index is 12.8. The second kappa shape index (κ2) is 45.3. The summed E-state index contributed by atoms with van der Waals surface area (Å²) in [5, 5.41) is 64.4. The molecule has 0 aliphatic carbocycles. The van der Waals surface area contributed by atoms with Crippen LogP contribution >= 0.6 is 0 Å². The van der Waals surface area contributed by atoms with Crippen LogP contribution in [0.1, 0.15) is 114 Å². The van der Waals surface area contributed by atoms with Crippen LogP contribution in [-0.2, 0) is 91.2 Å². The number of hydrogen-bond donors (Lipinski definition) is 12. The highest BCUT2D eigenvalue weighted by atomic mass is 16.5. The highest BCUT2D eigenvalue weighted by Gasteiger charge is 2.32.